The number of benzene rings is 1. The van der Waals surface area contributed by atoms with Gasteiger partial charge in [0.1, 0.15) is 5.82 Å². The molecule has 1 atom stereocenters. The summed E-state index contributed by atoms with van der Waals surface area (Å²) in [7, 11) is 1.64. The Hall–Kier alpha value is -0.610. The van der Waals surface area contributed by atoms with E-state index in [0.29, 0.717) is 6.61 Å². The third-order valence-electron chi connectivity index (χ3n) is 1.75. The zero-order valence-electron chi connectivity index (χ0n) is 8.18. The molecule has 1 unspecified atom stereocenters. The predicted octanol–water partition coefficient (Wildman–Crippen LogP) is 3.04. The van der Waals surface area contributed by atoms with Crippen molar-refractivity contribution in [1.82, 2.24) is 0 Å². The monoisotopic (exact) mass is 261 g/mol. The fraction of sp³-hybridized carbons (Fsp3) is 0.400. The number of methoxy groups -OCH3 is 1. The minimum Gasteiger partial charge on any atom is -0.383 e. The molecule has 0 spiro atoms. The molecule has 0 saturated heterocycles. The highest BCUT2D eigenvalue weighted by atomic mass is 79.9. The highest BCUT2D eigenvalue weighted by Crippen LogP contribution is 2.23. The second-order valence-electron chi connectivity index (χ2n) is 3.12. The van der Waals surface area contributed by atoms with E-state index in [1.807, 2.05) is 6.92 Å². The molecule has 0 aliphatic heterocycles. The number of hydrogen-bond donors (Lipinski definition) is 1. The van der Waals surface area contributed by atoms with Gasteiger partial charge in [-0.2, -0.15) is 0 Å². The molecule has 78 valence electrons. The van der Waals surface area contributed by atoms with E-state index in [1.165, 1.54) is 12.1 Å². The summed E-state index contributed by atoms with van der Waals surface area (Å²) >= 11 is 3.34. The third-order valence-corrected chi connectivity index (χ3v) is 2.44. The van der Waals surface area contributed by atoms with Crippen molar-refractivity contribution >= 4 is 21.6 Å². The van der Waals surface area contributed by atoms with Gasteiger partial charge in [0.25, 0.3) is 0 Å². The van der Waals surface area contributed by atoms with Crippen LogP contribution in [-0.2, 0) is 4.74 Å². The molecule has 0 radical (unpaired) electrons. The normalized spacial score (nSPS) is 12.6. The molecular formula is C10H13BrFNO. The number of anilines is 1. The molecule has 2 nitrogen and oxygen atoms in total. The van der Waals surface area contributed by atoms with Crippen LogP contribution in [0.3, 0.4) is 0 Å². The molecule has 1 rings (SSSR count). The molecule has 0 bridgehead atoms. The number of hydrogen-bond acceptors (Lipinski definition) is 2. The first-order valence-corrected chi connectivity index (χ1v) is 5.13. The van der Waals surface area contributed by atoms with Crippen LogP contribution < -0.4 is 5.32 Å². The van der Waals surface area contributed by atoms with E-state index in [1.54, 1.807) is 13.2 Å². The maximum Gasteiger partial charge on any atom is 0.125 e. The highest BCUT2D eigenvalue weighted by Gasteiger charge is 2.05. The van der Waals surface area contributed by atoms with Crippen molar-refractivity contribution in [3.8, 4) is 0 Å². The Balaban J connectivity index is 2.70. The fourth-order valence-corrected chi connectivity index (χ4v) is 1.53. The highest BCUT2D eigenvalue weighted by molar-refractivity contribution is 9.10. The molecule has 0 heterocycles. The van der Waals surface area contributed by atoms with Crippen LogP contribution in [0.25, 0.3) is 0 Å². The summed E-state index contributed by atoms with van der Waals surface area (Å²) in [5, 5.41) is 3.14. The van der Waals surface area contributed by atoms with Crippen LogP contribution in [-0.4, -0.2) is 19.8 Å². The summed E-state index contributed by atoms with van der Waals surface area (Å²) in [5.74, 6) is -0.250. The topological polar surface area (TPSA) is 21.3 Å². The molecule has 0 saturated carbocycles. The summed E-state index contributed by atoms with van der Waals surface area (Å²) in [4.78, 5) is 0. The van der Waals surface area contributed by atoms with Gasteiger partial charge in [0.2, 0.25) is 0 Å². The first-order chi connectivity index (χ1) is 6.63. The summed E-state index contributed by atoms with van der Waals surface area (Å²) in [6, 6.07) is 4.70. The molecule has 1 aromatic rings. The number of halogens is 2. The Kier molecular flexibility index (Phi) is 4.35. The first kappa shape index (κ1) is 11.5. The van der Waals surface area contributed by atoms with Crippen molar-refractivity contribution in [3.63, 3.8) is 0 Å². The van der Waals surface area contributed by atoms with Crippen LogP contribution in [0.15, 0.2) is 22.7 Å². The molecule has 1 aromatic carbocycles. The van der Waals surface area contributed by atoms with Gasteiger partial charge in [-0.05, 0) is 41.1 Å². The van der Waals surface area contributed by atoms with E-state index in [9.17, 15) is 4.39 Å². The number of ether oxygens (including phenoxy) is 1. The fourth-order valence-electron chi connectivity index (χ4n) is 1.17. The van der Waals surface area contributed by atoms with Gasteiger partial charge in [-0.25, -0.2) is 4.39 Å². The lowest BCUT2D eigenvalue weighted by molar-refractivity contribution is 0.190. The summed E-state index contributed by atoms with van der Waals surface area (Å²) < 4.78 is 18.7. The smallest absolute Gasteiger partial charge is 0.125 e. The average Bonchev–Trinajstić information content (AvgIpc) is 2.12. The quantitative estimate of drug-likeness (QED) is 0.900. The molecule has 0 amide bonds. The van der Waals surface area contributed by atoms with E-state index in [4.69, 9.17) is 4.74 Å². The lowest BCUT2D eigenvalue weighted by Gasteiger charge is -2.15. The molecule has 4 heteroatoms. The van der Waals surface area contributed by atoms with Gasteiger partial charge in [-0.3, -0.25) is 0 Å². The summed E-state index contributed by atoms with van der Waals surface area (Å²) in [6.07, 6.45) is 0. The standard InChI is InChI=1S/C10H13BrFNO/c1-7(6-14-2)13-10-5-8(12)3-4-9(10)11/h3-5,7,13H,6H2,1-2H3. The molecule has 0 aliphatic carbocycles. The zero-order chi connectivity index (χ0) is 10.6. The van der Waals surface area contributed by atoms with Crippen molar-refractivity contribution in [3.05, 3.63) is 28.5 Å². The molecule has 0 fully saturated rings. The lowest BCUT2D eigenvalue weighted by atomic mass is 10.2. The SMILES string of the molecule is COCC(C)Nc1cc(F)ccc1Br. The maximum atomic E-state index is 12.9. The van der Waals surface area contributed by atoms with Crippen LogP contribution in [0.2, 0.25) is 0 Å². The van der Waals surface area contributed by atoms with Gasteiger partial charge in [0.05, 0.1) is 12.3 Å². The minimum absolute atomic E-state index is 0.151. The van der Waals surface area contributed by atoms with Crippen molar-refractivity contribution in [2.24, 2.45) is 0 Å². The Bertz CT molecular complexity index is 306. The lowest BCUT2D eigenvalue weighted by Crippen LogP contribution is -2.21. The van der Waals surface area contributed by atoms with Crippen LogP contribution in [0.5, 0.6) is 0 Å². The number of nitrogens with one attached hydrogen (secondary N) is 1. The van der Waals surface area contributed by atoms with Crippen molar-refractivity contribution in [2.45, 2.75) is 13.0 Å². The number of rotatable bonds is 4. The van der Waals surface area contributed by atoms with Crippen LogP contribution in [0.4, 0.5) is 10.1 Å². The second kappa shape index (κ2) is 5.32. The predicted molar refractivity (Wildman–Crippen MR) is 59.1 cm³/mol. The molecule has 0 aromatic heterocycles. The van der Waals surface area contributed by atoms with Gasteiger partial charge >= 0.3 is 0 Å². The minimum atomic E-state index is -0.250. The Morgan fingerprint density at radius 1 is 1.57 bits per heavy atom. The summed E-state index contributed by atoms with van der Waals surface area (Å²) in [5.41, 5.74) is 0.745. The Morgan fingerprint density at radius 3 is 2.93 bits per heavy atom. The first-order valence-electron chi connectivity index (χ1n) is 4.34. The van der Waals surface area contributed by atoms with Crippen LogP contribution in [0, 0.1) is 5.82 Å². The summed E-state index contributed by atoms with van der Waals surface area (Å²) in [6.45, 7) is 2.56. The second-order valence-corrected chi connectivity index (χ2v) is 3.98. The molecule has 0 aliphatic rings. The van der Waals surface area contributed by atoms with Gasteiger partial charge in [-0.15, -0.1) is 0 Å². The van der Waals surface area contributed by atoms with E-state index >= 15 is 0 Å². The molecule has 1 N–H and O–H groups in total. The Labute approximate surface area is 91.6 Å². The van der Waals surface area contributed by atoms with Gasteiger partial charge in [0.15, 0.2) is 0 Å². The van der Waals surface area contributed by atoms with E-state index in [-0.39, 0.29) is 11.9 Å². The van der Waals surface area contributed by atoms with Crippen molar-refractivity contribution in [1.29, 1.82) is 0 Å². The van der Waals surface area contributed by atoms with E-state index in [2.05, 4.69) is 21.2 Å². The zero-order valence-corrected chi connectivity index (χ0v) is 9.77. The van der Waals surface area contributed by atoms with Gasteiger partial charge in [0, 0.05) is 17.6 Å². The van der Waals surface area contributed by atoms with Crippen LogP contribution in [0.1, 0.15) is 6.92 Å². The molecular weight excluding hydrogens is 249 g/mol. The van der Waals surface area contributed by atoms with E-state index in [0.717, 1.165) is 10.2 Å². The average molecular weight is 262 g/mol. The van der Waals surface area contributed by atoms with Crippen LogP contribution >= 0.6 is 15.9 Å². The van der Waals surface area contributed by atoms with Crippen molar-refractivity contribution < 1.29 is 9.13 Å². The Morgan fingerprint density at radius 2 is 2.29 bits per heavy atom. The molecule has 14 heavy (non-hydrogen) atoms. The van der Waals surface area contributed by atoms with E-state index < -0.39 is 0 Å². The maximum absolute atomic E-state index is 12.9. The van der Waals surface area contributed by atoms with Crippen molar-refractivity contribution in [2.75, 3.05) is 19.0 Å². The third kappa shape index (κ3) is 3.27. The van der Waals surface area contributed by atoms with Gasteiger partial charge < -0.3 is 10.1 Å². The largest absolute Gasteiger partial charge is 0.383 e. The van der Waals surface area contributed by atoms with Gasteiger partial charge in [-0.1, -0.05) is 0 Å².